The first kappa shape index (κ1) is 18.4. The van der Waals surface area contributed by atoms with E-state index in [-0.39, 0.29) is 23.9 Å². The van der Waals surface area contributed by atoms with Crippen molar-refractivity contribution in [3.8, 4) is 5.75 Å². The van der Waals surface area contributed by atoms with Crippen molar-refractivity contribution in [3.05, 3.63) is 42.5 Å². The summed E-state index contributed by atoms with van der Waals surface area (Å²) in [4.78, 5) is 33.4. The molecule has 1 N–H and O–H groups in total. The molecule has 0 spiro atoms. The summed E-state index contributed by atoms with van der Waals surface area (Å²) in [7, 11) is 0. The molecule has 0 bridgehead atoms. The number of hydrogen-bond donors (Lipinski definition) is 1. The fourth-order valence-corrected chi connectivity index (χ4v) is 1.89. The van der Waals surface area contributed by atoms with Crippen LogP contribution < -0.4 is 4.74 Å². The Labute approximate surface area is 134 Å². The van der Waals surface area contributed by atoms with Crippen LogP contribution in [0, 0.1) is 5.92 Å². The zero-order valence-electron chi connectivity index (χ0n) is 13.0. The fourth-order valence-electron chi connectivity index (χ4n) is 1.89. The highest BCUT2D eigenvalue weighted by Crippen LogP contribution is 2.16. The van der Waals surface area contributed by atoms with E-state index in [1.807, 2.05) is 6.92 Å². The largest absolute Gasteiger partial charge is 0.478 e. The highest BCUT2D eigenvalue weighted by Gasteiger charge is 2.12. The Morgan fingerprint density at radius 2 is 1.91 bits per heavy atom. The Kier molecular flexibility index (Phi) is 7.53. The minimum Gasteiger partial charge on any atom is -0.478 e. The second kappa shape index (κ2) is 9.40. The third-order valence-corrected chi connectivity index (χ3v) is 3.10. The Bertz CT molecular complexity index is 561. The average molecular weight is 320 g/mol. The van der Waals surface area contributed by atoms with Crippen LogP contribution in [0.2, 0.25) is 0 Å². The lowest BCUT2D eigenvalue weighted by molar-refractivity contribution is -0.138. The van der Waals surface area contributed by atoms with Gasteiger partial charge >= 0.3 is 17.9 Å². The van der Waals surface area contributed by atoms with Crippen molar-refractivity contribution in [2.45, 2.75) is 26.2 Å². The van der Waals surface area contributed by atoms with Crippen molar-refractivity contribution in [2.75, 3.05) is 6.61 Å². The molecule has 124 valence electrons. The lowest BCUT2D eigenvalue weighted by atomic mass is 10.0. The molecule has 0 aliphatic heterocycles. The van der Waals surface area contributed by atoms with Crippen LogP contribution in [0.4, 0.5) is 0 Å². The maximum Gasteiger partial charge on any atom is 0.335 e. The summed E-state index contributed by atoms with van der Waals surface area (Å²) in [5, 5.41) is 8.78. The van der Waals surface area contributed by atoms with Crippen molar-refractivity contribution in [3.63, 3.8) is 0 Å². The molecule has 23 heavy (non-hydrogen) atoms. The van der Waals surface area contributed by atoms with E-state index in [9.17, 15) is 14.4 Å². The molecule has 6 heteroatoms. The zero-order valence-corrected chi connectivity index (χ0v) is 13.0. The first-order valence-electron chi connectivity index (χ1n) is 7.25. The number of ether oxygens (including phenoxy) is 2. The molecule has 0 saturated heterocycles. The van der Waals surface area contributed by atoms with Crippen molar-refractivity contribution in [1.82, 2.24) is 0 Å². The first-order chi connectivity index (χ1) is 10.9. The zero-order chi connectivity index (χ0) is 17.2. The molecular formula is C17H20O6. The minimum absolute atomic E-state index is 0.0863. The summed E-state index contributed by atoms with van der Waals surface area (Å²) in [6.45, 7) is 5.50. The molecule has 6 nitrogen and oxygen atoms in total. The van der Waals surface area contributed by atoms with Gasteiger partial charge in [0.05, 0.1) is 12.2 Å². The third kappa shape index (κ3) is 7.26. The lowest BCUT2D eigenvalue weighted by Crippen LogP contribution is -2.13. The van der Waals surface area contributed by atoms with Crippen LogP contribution in [0.3, 0.4) is 0 Å². The molecule has 1 atom stereocenters. The molecule has 1 rings (SSSR count). The van der Waals surface area contributed by atoms with Gasteiger partial charge in [-0.1, -0.05) is 13.5 Å². The van der Waals surface area contributed by atoms with Crippen molar-refractivity contribution < 1.29 is 29.0 Å². The van der Waals surface area contributed by atoms with E-state index >= 15 is 0 Å². The number of carboxylic acids is 1. The Balaban J connectivity index is 2.30. The maximum atomic E-state index is 11.8. The van der Waals surface area contributed by atoms with E-state index in [1.54, 1.807) is 0 Å². The van der Waals surface area contributed by atoms with Crippen LogP contribution in [0.15, 0.2) is 36.9 Å². The summed E-state index contributed by atoms with van der Waals surface area (Å²) < 4.78 is 10.0. The molecule has 0 saturated carbocycles. The highest BCUT2D eigenvalue weighted by atomic mass is 16.5. The second-order valence-corrected chi connectivity index (χ2v) is 5.13. The number of hydrogen-bond acceptors (Lipinski definition) is 5. The van der Waals surface area contributed by atoms with Crippen LogP contribution in [-0.4, -0.2) is 29.6 Å². The van der Waals surface area contributed by atoms with Gasteiger partial charge in [-0.25, -0.2) is 9.59 Å². The van der Waals surface area contributed by atoms with E-state index in [0.717, 1.165) is 12.5 Å². The molecule has 0 heterocycles. The number of carbonyl (C=O) groups excluding carboxylic acids is 2. The first-order valence-corrected chi connectivity index (χ1v) is 7.25. The summed E-state index contributed by atoms with van der Waals surface area (Å²) >= 11 is 0. The van der Waals surface area contributed by atoms with E-state index in [1.165, 1.54) is 24.3 Å². The Hall–Kier alpha value is -2.63. The van der Waals surface area contributed by atoms with Crippen LogP contribution in [-0.2, 0) is 14.3 Å². The summed E-state index contributed by atoms with van der Waals surface area (Å²) in [6, 6.07) is 5.65. The van der Waals surface area contributed by atoms with Crippen LogP contribution in [0.25, 0.3) is 0 Å². The SMILES string of the molecule is C=CC(=O)OCCCC(C)CC(=O)Oc1ccc(C(=O)O)cc1. The Morgan fingerprint density at radius 1 is 1.26 bits per heavy atom. The molecule has 0 fully saturated rings. The minimum atomic E-state index is -1.03. The predicted molar refractivity (Wildman–Crippen MR) is 83.2 cm³/mol. The van der Waals surface area contributed by atoms with E-state index in [2.05, 4.69) is 6.58 Å². The maximum absolute atomic E-state index is 11.8. The fraction of sp³-hybridized carbons (Fsp3) is 0.353. The molecule has 1 aromatic rings. The summed E-state index contributed by atoms with van der Waals surface area (Å²) in [5.74, 6) is -1.48. The van der Waals surface area contributed by atoms with Crippen LogP contribution in [0.5, 0.6) is 5.75 Å². The van der Waals surface area contributed by atoms with Crippen molar-refractivity contribution in [1.29, 1.82) is 0 Å². The smallest absolute Gasteiger partial charge is 0.335 e. The topological polar surface area (TPSA) is 89.9 Å². The van der Waals surface area contributed by atoms with Crippen LogP contribution >= 0.6 is 0 Å². The molecule has 0 aliphatic rings. The molecule has 1 unspecified atom stereocenters. The van der Waals surface area contributed by atoms with E-state index in [0.29, 0.717) is 18.8 Å². The van der Waals surface area contributed by atoms with Gasteiger partial charge in [-0.2, -0.15) is 0 Å². The van der Waals surface area contributed by atoms with Crippen molar-refractivity contribution >= 4 is 17.9 Å². The second-order valence-electron chi connectivity index (χ2n) is 5.13. The number of carbonyl (C=O) groups is 3. The molecular weight excluding hydrogens is 300 g/mol. The number of aromatic carboxylic acids is 1. The van der Waals surface area contributed by atoms with Gasteiger partial charge in [0.15, 0.2) is 0 Å². The Morgan fingerprint density at radius 3 is 2.48 bits per heavy atom. The summed E-state index contributed by atoms with van der Waals surface area (Å²) in [6.07, 6.45) is 2.71. The van der Waals surface area contributed by atoms with E-state index < -0.39 is 11.9 Å². The van der Waals surface area contributed by atoms with Crippen LogP contribution in [0.1, 0.15) is 36.5 Å². The van der Waals surface area contributed by atoms with Gasteiger partial charge in [-0.05, 0) is 43.0 Å². The normalized spacial score (nSPS) is 11.3. The molecule has 0 amide bonds. The van der Waals surface area contributed by atoms with Gasteiger partial charge in [0.1, 0.15) is 5.75 Å². The quantitative estimate of drug-likeness (QED) is 0.326. The van der Waals surface area contributed by atoms with Gasteiger partial charge in [-0.3, -0.25) is 4.79 Å². The summed E-state index contributed by atoms with van der Waals surface area (Å²) in [5.41, 5.74) is 0.132. The predicted octanol–water partition coefficient (Wildman–Crippen LogP) is 2.83. The van der Waals surface area contributed by atoms with Gasteiger partial charge in [-0.15, -0.1) is 0 Å². The average Bonchev–Trinajstić information content (AvgIpc) is 2.51. The number of esters is 2. The lowest BCUT2D eigenvalue weighted by Gasteiger charge is -2.11. The molecule has 0 aromatic heterocycles. The molecule has 1 aromatic carbocycles. The number of benzene rings is 1. The van der Waals surface area contributed by atoms with Gasteiger partial charge < -0.3 is 14.6 Å². The number of carboxylic acid groups (broad SMARTS) is 1. The third-order valence-electron chi connectivity index (χ3n) is 3.10. The van der Waals surface area contributed by atoms with Gasteiger partial charge in [0, 0.05) is 12.5 Å². The molecule has 0 radical (unpaired) electrons. The van der Waals surface area contributed by atoms with Gasteiger partial charge in [0.25, 0.3) is 0 Å². The highest BCUT2D eigenvalue weighted by molar-refractivity contribution is 5.87. The monoisotopic (exact) mass is 320 g/mol. The standard InChI is InChI=1S/C17H20O6/c1-3-15(18)22-10-4-5-12(2)11-16(19)23-14-8-6-13(7-9-14)17(20)21/h3,6-9,12H,1,4-5,10-11H2,2H3,(H,20,21). The van der Waals surface area contributed by atoms with Gasteiger partial charge in [0.2, 0.25) is 0 Å². The molecule has 0 aliphatic carbocycles. The van der Waals surface area contributed by atoms with E-state index in [4.69, 9.17) is 14.6 Å². The van der Waals surface area contributed by atoms with Crippen molar-refractivity contribution in [2.24, 2.45) is 5.92 Å². The number of rotatable bonds is 9.